The van der Waals surface area contributed by atoms with E-state index in [9.17, 15) is 14.7 Å². The van der Waals surface area contributed by atoms with Gasteiger partial charge in [-0.3, -0.25) is 0 Å². The van der Waals surface area contributed by atoms with Crippen molar-refractivity contribution in [2.45, 2.75) is 23.8 Å². The first kappa shape index (κ1) is 16.8. The van der Waals surface area contributed by atoms with E-state index in [2.05, 4.69) is 4.74 Å². The van der Waals surface area contributed by atoms with Crippen molar-refractivity contribution in [3.63, 3.8) is 0 Å². The van der Waals surface area contributed by atoms with Crippen LogP contribution in [0.4, 0.5) is 0 Å². The number of esters is 2. The average molecular weight is 294 g/mol. The van der Waals surface area contributed by atoms with Gasteiger partial charge >= 0.3 is 17.7 Å². The van der Waals surface area contributed by atoms with E-state index in [1.54, 1.807) is 0 Å². The summed E-state index contributed by atoms with van der Waals surface area (Å²) in [5, 5.41) is 10.2. The van der Waals surface area contributed by atoms with Crippen LogP contribution in [0, 0.1) is 0 Å². The van der Waals surface area contributed by atoms with Crippen molar-refractivity contribution >= 4 is 11.9 Å². The molecule has 0 aliphatic carbocycles. The number of cyclic esters (lactones) is 1. The molecule has 0 amide bonds. The zero-order chi connectivity index (χ0) is 15.6. The van der Waals surface area contributed by atoms with Crippen molar-refractivity contribution in [1.82, 2.24) is 0 Å². The van der Waals surface area contributed by atoms with Crippen molar-refractivity contribution in [2.75, 3.05) is 35.5 Å². The molecule has 1 N–H and O–H groups in total. The second-order valence-corrected chi connectivity index (χ2v) is 3.91. The Morgan fingerprint density at radius 3 is 2.00 bits per heavy atom. The molecular formula is C11H18O9. The maximum atomic E-state index is 11.9. The van der Waals surface area contributed by atoms with Gasteiger partial charge in [0.15, 0.2) is 12.2 Å². The second kappa shape index (κ2) is 6.02. The van der Waals surface area contributed by atoms with Crippen LogP contribution in [0.3, 0.4) is 0 Å². The molecule has 9 nitrogen and oxygen atoms in total. The van der Waals surface area contributed by atoms with Crippen LogP contribution in [0.15, 0.2) is 0 Å². The highest BCUT2D eigenvalue weighted by Crippen LogP contribution is 2.37. The molecule has 0 bridgehead atoms. The molecular weight excluding hydrogens is 276 g/mol. The third kappa shape index (κ3) is 2.07. The number of carbonyl (C=O) groups excluding carboxylic acids is 2. The lowest BCUT2D eigenvalue weighted by molar-refractivity contribution is -0.281. The van der Waals surface area contributed by atoms with Crippen LogP contribution in [0.25, 0.3) is 0 Å². The molecule has 0 radical (unpaired) electrons. The van der Waals surface area contributed by atoms with Crippen molar-refractivity contribution < 1.29 is 43.1 Å². The van der Waals surface area contributed by atoms with E-state index in [0.29, 0.717) is 0 Å². The van der Waals surface area contributed by atoms with Crippen LogP contribution < -0.4 is 0 Å². The molecule has 20 heavy (non-hydrogen) atoms. The zero-order valence-electron chi connectivity index (χ0n) is 11.9. The van der Waals surface area contributed by atoms with Crippen LogP contribution in [0.5, 0.6) is 0 Å². The summed E-state index contributed by atoms with van der Waals surface area (Å²) < 4.78 is 29.2. The number of aliphatic hydroxyl groups is 1. The number of rotatable bonds is 6. The Kier molecular flexibility index (Phi) is 5.05. The Hall–Kier alpha value is -1.26. The Labute approximate surface area is 115 Å². The Bertz CT molecular complexity index is 372. The zero-order valence-corrected chi connectivity index (χ0v) is 11.9. The van der Waals surface area contributed by atoms with Gasteiger partial charge in [-0.1, -0.05) is 0 Å². The summed E-state index contributed by atoms with van der Waals surface area (Å²) in [6.45, 7) is 0. The fourth-order valence-corrected chi connectivity index (χ4v) is 2.10. The molecule has 9 heteroatoms. The standard InChI is InChI=1S/C11H18O9/c1-15-8(13)11(18-4,19-5)7-6(12)10(16-2,17-3)9(14)20-7/h6-7,12H,1-5H3/t6-,7-/m1/s1. The summed E-state index contributed by atoms with van der Waals surface area (Å²) in [5.41, 5.74) is 0. The number of hydrogen-bond donors (Lipinski definition) is 1. The minimum Gasteiger partial charge on any atom is -0.465 e. The SMILES string of the molecule is COC(=O)C(OC)(OC)[C@@H]1OC(=O)C(OC)(OC)[C@@H]1O. The quantitative estimate of drug-likeness (QED) is 0.458. The normalized spacial score (nSPS) is 25.4. The highest BCUT2D eigenvalue weighted by atomic mass is 16.8. The summed E-state index contributed by atoms with van der Waals surface area (Å²) >= 11 is 0. The highest BCUT2D eigenvalue weighted by molar-refractivity contribution is 5.85. The van der Waals surface area contributed by atoms with Gasteiger partial charge in [-0.25, -0.2) is 9.59 Å². The van der Waals surface area contributed by atoms with Crippen LogP contribution >= 0.6 is 0 Å². The maximum absolute atomic E-state index is 11.9. The summed E-state index contributed by atoms with van der Waals surface area (Å²) in [6, 6.07) is 0. The van der Waals surface area contributed by atoms with Gasteiger partial charge in [0.05, 0.1) is 7.11 Å². The minimum absolute atomic E-state index is 0.984. The van der Waals surface area contributed by atoms with Gasteiger partial charge in [0.1, 0.15) is 0 Å². The monoisotopic (exact) mass is 294 g/mol. The minimum atomic E-state index is -2.14. The van der Waals surface area contributed by atoms with E-state index in [1.807, 2.05) is 0 Å². The van der Waals surface area contributed by atoms with Crippen molar-refractivity contribution in [1.29, 1.82) is 0 Å². The number of hydrogen-bond acceptors (Lipinski definition) is 9. The first-order valence-electron chi connectivity index (χ1n) is 5.58. The Morgan fingerprint density at radius 1 is 1.20 bits per heavy atom. The molecule has 1 heterocycles. The average Bonchev–Trinajstić information content (AvgIpc) is 2.73. The lowest BCUT2D eigenvalue weighted by atomic mass is 10.00. The van der Waals surface area contributed by atoms with Crippen molar-refractivity contribution in [3.05, 3.63) is 0 Å². The number of carbonyl (C=O) groups is 2. The van der Waals surface area contributed by atoms with E-state index in [4.69, 9.17) is 23.7 Å². The van der Waals surface area contributed by atoms with Gasteiger partial charge in [0, 0.05) is 28.4 Å². The van der Waals surface area contributed by atoms with Gasteiger partial charge < -0.3 is 33.5 Å². The molecule has 0 aromatic carbocycles. The molecule has 0 aromatic heterocycles. The predicted octanol–water partition coefficient (Wildman–Crippen LogP) is -1.58. The van der Waals surface area contributed by atoms with Gasteiger partial charge in [0.25, 0.3) is 5.79 Å². The first-order chi connectivity index (χ1) is 9.39. The lowest BCUT2D eigenvalue weighted by Gasteiger charge is -2.34. The number of aliphatic hydroxyl groups excluding tert-OH is 1. The molecule has 0 aromatic rings. The summed E-state index contributed by atoms with van der Waals surface area (Å²) in [6.07, 6.45) is -3.21. The van der Waals surface area contributed by atoms with E-state index in [0.717, 1.165) is 35.5 Å². The topological polar surface area (TPSA) is 110 Å². The third-order valence-electron chi connectivity index (χ3n) is 3.25. The predicted molar refractivity (Wildman–Crippen MR) is 61.4 cm³/mol. The Balaban J connectivity index is 3.25. The molecule has 1 aliphatic heterocycles. The molecule has 1 fully saturated rings. The van der Waals surface area contributed by atoms with E-state index >= 15 is 0 Å². The fourth-order valence-electron chi connectivity index (χ4n) is 2.10. The smallest absolute Gasteiger partial charge is 0.370 e. The largest absolute Gasteiger partial charge is 0.465 e. The highest BCUT2D eigenvalue weighted by Gasteiger charge is 2.68. The molecule has 1 saturated heterocycles. The summed E-state index contributed by atoms with van der Waals surface area (Å²) in [7, 11) is 5.67. The molecule has 116 valence electrons. The molecule has 0 spiro atoms. The third-order valence-corrected chi connectivity index (χ3v) is 3.25. The van der Waals surface area contributed by atoms with Gasteiger partial charge in [-0.05, 0) is 0 Å². The number of methoxy groups -OCH3 is 5. The van der Waals surface area contributed by atoms with Crippen LogP contribution in [-0.4, -0.2) is 76.4 Å². The van der Waals surface area contributed by atoms with Gasteiger partial charge in [-0.2, -0.15) is 0 Å². The van der Waals surface area contributed by atoms with Crippen LogP contribution in [0.1, 0.15) is 0 Å². The van der Waals surface area contributed by atoms with E-state index in [1.165, 1.54) is 0 Å². The number of ether oxygens (including phenoxy) is 6. The molecule has 1 rings (SSSR count). The fraction of sp³-hybridized carbons (Fsp3) is 0.818. The van der Waals surface area contributed by atoms with Gasteiger partial charge in [0.2, 0.25) is 0 Å². The molecule has 1 aliphatic rings. The Morgan fingerprint density at radius 2 is 1.70 bits per heavy atom. The van der Waals surface area contributed by atoms with Crippen LogP contribution in [-0.2, 0) is 38.0 Å². The lowest BCUT2D eigenvalue weighted by Crippen LogP contribution is -2.60. The molecule has 2 atom stereocenters. The van der Waals surface area contributed by atoms with Gasteiger partial charge in [-0.15, -0.1) is 0 Å². The van der Waals surface area contributed by atoms with Crippen molar-refractivity contribution in [2.24, 2.45) is 0 Å². The first-order valence-corrected chi connectivity index (χ1v) is 5.58. The second-order valence-electron chi connectivity index (χ2n) is 3.91. The summed E-state index contributed by atoms with van der Waals surface area (Å²) in [4.78, 5) is 23.7. The maximum Gasteiger partial charge on any atom is 0.370 e. The molecule has 0 saturated carbocycles. The van der Waals surface area contributed by atoms with Crippen molar-refractivity contribution in [3.8, 4) is 0 Å². The van der Waals surface area contributed by atoms with E-state index in [-0.39, 0.29) is 0 Å². The summed E-state index contributed by atoms with van der Waals surface area (Å²) in [5.74, 6) is -6.20. The molecule has 0 unspecified atom stereocenters. The van der Waals surface area contributed by atoms with Crippen LogP contribution in [0.2, 0.25) is 0 Å². The van der Waals surface area contributed by atoms with E-state index < -0.39 is 35.7 Å².